The molecule has 22 heavy (non-hydrogen) atoms. The van der Waals surface area contributed by atoms with Gasteiger partial charge in [-0.3, -0.25) is 0 Å². The van der Waals surface area contributed by atoms with Crippen LogP contribution in [0.2, 0.25) is 0 Å². The van der Waals surface area contributed by atoms with E-state index in [-0.39, 0.29) is 0 Å². The fraction of sp³-hybridized carbons (Fsp3) is 0.333. The summed E-state index contributed by atoms with van der Waals surface area (Å²) >= 11 is 0. The Morgan fingerprint density at radius 2 is 1.73 bits per heavy atom. The molecule has 0 fully saturated rings. The summed E-state index contributed by atoms with van der Waals surface area (Å²) in [6.07, 6.45) is 0. The van der Waals surface area contributed by atoms with Crippen LogP contribution in [0.3, 0.4) is 0 Å². The van der Waals surface area contributed by atoms with Gasteiger partial charge in [-0.2, -0.15) is 5.26 Å². The molecule has 0 bridgehead atoms. The Kier molecular flexibility index (Phi) is 4.67. The van der Waals surface area contributed by atoms with Gasteiger partial charge >= 0.3 is 0 Å². The molecule has 114 valence electrons. The number of anilines is 2. The number of nitrogens with zero attached hydrogens (tertiary/aromatic N) is 3. The highest BCUT2D eigenvalue weighted by Gasteiger charge is 2.15. The molecule has 0 saturated carbocycles. The van der Waals surface area contributed by atoms with E-state index in [0.717, 1.165) is 35.5 Å². The Morgan fingerprint density at radius 1 is 1.14 bits per heavy atom. The fourth-order valence-electron chi connectivity index (χ4n) is 2.72. The van der Waals surface area contributed by atoms with Crippen molar-refractivity contribution < 1.29 is 0 Å². The van der Waals surface area contributed by atoms with E-state index in [0.29, 0.717) is 11.4 Å². The number of pyridine rings is 1. The number of hydrogen-bond donors (Lipinski definition) is 1. The second-order valence-electron chi connectivity index (χ2n) is 5.29. The van der Waals surface area contributed by atoms with Crippen LogP contribution in [-0.4, -0.2) is 18.1 Å². The van der Waals surface area contributed by atoms with E-state index >= 15 is 0 Å². The summed E-state index contributed by atoms with van der Waals surface area (Å²) in [6, 6.07) is 10.5. The Morgan fingerprint density at radius 3 is 2.23 bits per heavy atom. The number of nitriles is 1. The lowest BCUT2D eigenvalue weighted by atomic mass is 9.95. The smallest absolute Gasteiger partial charge is 0.142 e. The predicted molar refractivity (Wildman–Crippen MR) is 91.8 cm³/mol. The Bertz CT molecular complexity index is 707. The zero-order valence-electron chi connectivity index (χ0n) is 13.6. The highest BCUT2D eigenvalue weighted by Crippen LogP contribution is 2.32. The lowest BCUT2D eigenvalue weighted by Crippen LogP contribution is -2.21. The van der Waals surface area contributed by atoms with Gasteiger partial charge < -0.3 is 10.6 Å². The van der Waals surface area contributed by atoms with E-state index in [1.54, 1.807) is 0 Å². The third kappa shape index (κ3) is 2.75. The van der Waals surface area contributed by atoms with Crippen molar-refractivity contribution >= 4 is 11.5 Å². The second-order valence-corrected chi connectivity index (χ2v) is 5.29. The van der Waals surface area contributed by atoms with E-state index in [1.807, 2.05) is 13.8 Å². The van der Waals surface area contributed by atoms with Crippen LogP contribution in [0.15, 0.2) is 24.3 Å². The van der Waals surface area contributed by atoms with Gasteiger partial charge in [0.05, 0.1) is 0 Å². The molecule has 1 aromatic carbocycles. The van der Waals surface area contributed by atoms with Crippen molar-refractivity contribution in [1.29, 1.82) is 5.26 Å². The summed E-state index contributed by atoms with van der Waals surface area (Å²) in [5.74, 6) is 0.299. The van der Waals surface area contributed by atoms with Gasteiger partial charge in [0.25, 0.3) is 0 Å². The number of nitrogen functional groups attached to an aromatic ring is 1. The lowest BCUT2D eigenvalue weighted by Gasteiger charge is -2.21. The first-order chi connectivity index (χ1) is 10.5. The molecule has 0 aliphatic heterocycles. The third-order valence-corrected chi connectivity index (χ3v) is 4.11. The monoisotopic (exact) mass is 294 g/mol. The SMILES string of the molecule is CCN(CC)c1ccc(-c2c(C)c(C)nc(N)c2C#N)cc1. The summed E-state index contributed by atoms with van der Waals surface area (Å²) in [5, 5.41) is 9.42. The van der Waals surface area contributed by atoms with Gasteiger partial charge in [-0.15, -0.1) is 0 Å². The van der Waals surface area contributed by atoms with Gasteiger partial charge in [-0.25, -0.2) is 4.98 Å². The van der Waals surface area contributed by atoms with Gasteiger partial charge in [0.1, 0.15) is 17.5 Å². The zero-order valence-corrected chi connectivity index (χ0v) is 13.6. The number of benzene rings is 1. The maximum Gasteiger partial charge on any atom is 0.142 e. The minimum atomic E-state index is 0.299. The van der Waals surface area contributed by atoms with Crippen LogP contribution in [0, 0.1) is 25.2 Å². The predicted octanol–water partition coefficient (Wildman–Crippen LogP) is 3.67. The number of rotatable bonds is 4. The average Bonchev–Trinajstić information content (AvgIpc) is 2.52. The average molecular weight is 294 g/mol. The molecule has 0 saturated heterocycles. The summed E-state index contributed by atoms with van der Waals surface area (Å²) in [4.78, 5) is 6.54. The zero-order chi connectivity index (χ0) is 16.3. The van der Waals surface area contributed by atoms with E-state index in [4.69, 9.17) is 5.73 Å². The molecule has 0 amide bonds. The number of aryl methyl sites for hydroxylation is 1. The maximum absolute atomic E-state index is 9.42. The van der Waals surface area contributed by atoms with Gasteiger partial charge in [0.2, 0.25) is 0 Å². The van der Waals surface area contributed by atoms with Crippen molar-refractivity contribution in [3.05, 3.63) is 41.1 Å². The molecule has 0 unspecified atom stereocenters. The second kappa shape index (κ2) is 6.48. The normalized spacial score (nSPS) is 10.3. The van der Waals surface area contributed by atoms with Gasteiger partial charge in [-0.1, -0.05) is 12.1 Å². The molecular formula is C18H22N4. The molecule has 4 nitrogen and oxygen atoms in total. The number of nitrogens with two attached hydrogens (primary N) is 1. The van der Waals surface area contributed by atoms with Crippen LogP contribution in [0.4, 0.5) is 11.5 Å². The molecular weight excluding hydrogens is 272 g/mol. The lowest BCUT2D eigenvalue weighted by molar-refractivity contribution is 0.866. The first kappa shape index (κ1) is 15.8. The molecule has 0 atom stereocenters. The fourth-order valence-corrected chi connectivity index (χ4v) is 2.72. The summed E-state index contributed by atoms with van der Waals surface area (Å²) in [6.45, 7) is 10.1. The standard InChI is InChI=1S/C18H22N4/c1-5-22(6-2)15-9-7-14(8-10-15)17-12(3)13(4)21-18(20)16(17)11-19/h7-10H,5-6H2,1-4H3,(H2,20,21). The summed E-state index contributed by atoms with van der Waals surface area (Å²) in [7, 11) is 0. The number of hydrogen-bond acceptors (Lipinski definition) is 4. The summed E-state index contributed by atoms with van der Waals surface area (Å²) < 4.78 is 0. The minimum Gasteiger partial charge on any atom is -0.383 e. The van der Waals surface area contributed by atoms with Crippen molar-refractivity contribution in [2.24, 2.45) is 0 Å². The van der Waals surface area contributed by atoms with Crippen LogP contribution in [0.25, 0.3) is 11.1 Å². The van der Waals surface area contributed by atoms with Crippen molar-refractivity contribution in [1.82, 2.24) is 4.98 Å². The molecule has 2 aromatic rings. The van der Waals surface area contributed by atoms with Crippen LogP contribution >= 0.6 is 0 Å². The summed E-state index contributed by atoms with van der Waals surface area (Å²) in [5.41, 5.74) is 11.3. The van der Waals surface area contributed by atoms with Gasteiger partial charge in [0, 0.05) is 30.0 Å². The van der Waals surface area contributed by atoms with E-state index < -0.39 is 0 Å². The highest BCUT2D eigenvalue weighted by atomic mass is 15.1. The third-order valence-electron chi connectivity index (χ3n) is 4.11. The van der Waals surface area contributed by atoms with Crippen molar-refractivity contribution in [2.75, 3.05) is 23.7 Å². The maximum atomic E-state index is 9.42. The molecule has 1 heterocycles. The Hall–Kier alpha value is -2.54. The van der Waals surface area contributed by atoms with Crippen LogP contribution in [-0.2, 0) is 0 Å². The molecule has 2 N–H and O–H groups in total. The van der Waals surface area contributed by atoms with Gasteiger partial charge in [-0.05, 0) is 51.0 Å². The van der Waals surface area contributed by atoms with Gasteiger partial charge in [0.15, 0.2) is 0 Å². The molecule has 0 spiro atoms. The minimum absolute atomic E-state index is 0.299. The first-order valence-electron chi connectivity index (χ1n) is 7.55. The molecule has 0 aliphatic carbocycles. The van der Waals surface area contributed by atoms with Crippen molar-refractivity contribution in [3.8, 4) is 17.2 Å². The topological polar surface area (TPSA) is 65.9 Å². The first-order valence-corrected chi connectivity index (χ1v) is 7.55. The van der Waals surface area contributed by atoms with E-state index in [2.05, 4.69) is 54.1 Å². The molecule has 0 radical (unpaired) electrons. The quantitative estimate of drug-likeness (QED) is 0.934. The van der Waals surface area contributed by atoms with Crippen molar-refractivity contribution in [3.63, 3.8) is 0 Å². The molecule has 4 heteroatoms. The van der Waals surface area contributed by atoms with E-state index in [9.17, 15) is 5.26 Å². The Balaban J connectivity index is 2.56. The highest BCUT2D eigenvalue weighted by molar-refractivity contribution is 5.79. The van der Waals surface area contributed by atoms with Crippen LogP contribution in [0.5, 0.6) is 0 Å². The van der Waals surface area contributed by atoms with Crippen LogP contribution in [0.1, 0.15) is 30.7 Å². The molecule has 1 aromatic heterocycles. The number of aromatic nitrogens is 1. The van der Waals surface area contributed by atoms with Crippen molar-refractivity contribution in [2.45, 2.75) is 27.7 Å². The largest absolute Gasteiger partial charge is 0.383 e. The van der Waals surface area contributed by atoms with E-state index in [1.165, 1.54) is 5.69 Å². The molecule has 2 rings (SSSR count). The Labute approximate surface area is 132 Å². The molecule has 0 aliphatic rings. The van der Waals surface area contributed by atoms with Crippen LogP contribution < -0.4 is 10.6 Å².